The Labute approximate surface area is 109 Å². The quantitative estimate of drug-likeness (QED) is 0.722. The molecule has 2 atom stereocenters. The van der Waals surface area contributed by atoms with Crippen LogP contribution in [0.5, 0.6) is 0 Å². The van der Waals surface area contributed by atoms with Crippen LogP contribution in [0.25, 0.3) is 11.2 Å². The third kappa shape index (κ3) is 1.89. The molecule has 0 aliphatic carbocycles. The Morgan fingerprint density at radius 2 is 2.37 bits per heavy atom. The number of hydrogen-bond donors (Lipinski definition) is 3. The highest BCUT2D eigenvalue weighted by molar-refractivity contribution is 5.83. The standard InChI is InChI=1S/C11H16N6O2/c1-13-11-16-8-9(12)14-5-15-10(8)17(11)7-3-2-6(4-18)19-7/h5-7,18H,2-4H2,1H3,(H,13,16)(H2,12,14,15). The maximum atomic E-state index is 9.15. The lowest BCUT2D eigenvalue weighted by Crippen LogP contribution is -2.16. The molecule has 1 aliphatic rings. The summed E-state index contributed by atoms with van der Waals surface area (Å²) in [6.07, 6.45) is 2.69. The molecule has 3 rings (SSSR count). The normalized spacial score (nSPS) is 23.1. The summed E-state index contributed by atoms with van der Waals surface area (Å²) < 4.78 is 7.64. The Balaban J connectivity index is 2.09. The zero-order chi connectivity index (χ0) is 13.4. The average Bonchev–Trinajstić information content (AvgIpc) is 3.02. The first-order valence-electron chi connectivity index (χ1n) is 6.17. The van der Waals surface area contributed by atoms with Crippen LogP contribution in [0.4, 0.5) is 11.8 Å². The zero-order valence-electron chi connectivity index (χ0n) is 10.6. The van der Waals surface area contributed by atoms with E-state index in [9.17, 15) is 0 Å². The van der Waals surface area contributed by atoms with Crippen molar-refractivity contribution in [3.8, 4) is 0 Å². The molecular weight excluding hydrogens is 248 g/mol. The van der Waals surface area contributed by atoms with Gasteiger partial charge in [0.2, 0.25) is 5.95 Å². The molecule has 0 radical (unpaired) electrons. The summed E-state index contributed by atoms with van der Waals surface area (Å²) in [6.45, 7) is 0.0230. The molecular formula is C11H16N6O2. The molecule has 0 bridgehead atoms. The minimum Gasteiger partial charge on any atom is -0.394 e. The van der Waals surface area contributed by atoms with E-state index >= 15 is 0 Å². The van der Waals surface area contributed by atoms with Crippen molar-refractivity contribution in [3.63, 3.8) is 0 Å². The molecule has 8 heteroatoms. The van der Waals surface area contributed by atoms with E-state index in [0.29, 0.717) is 22.9 Å². The number of nitrogens with zero attached hydrogens (tertiary/aromatic N) is 4. The molecule has 19 heavy (non-hydrogen) atoms. The Bertz CT molecular complexity index is 598. The van der Waals surface area contributed by atoms with Gasteiger partial charge < -0.3 is 20.9 Å². The lowest BCUT2D eigenvalue weighted by Gasteiger charge is -2.16. The number of imidazole rings is 1. The Kier molecular flexibility index (Phi) is 2.96. The lowest BCUT2D eigenvalue weighted by molar-refractivity contribution is -0.0197. The lowest BCUT2D eigenvalue weighted by atomic mass is 10.2. The van der Waals surface area contributed by atoms with E-state index in [1.807, 2.05) is 4.57 Å². The number of aromatic nitrogens is 4. The number of aliphatic hydroxyl groups excluding tert-OH is 1. The summed E-state index contributed by atoms with van der Waals surface area (Å²) in [5.74, 6) is 0.975. The number of aliphatic hydroxyl groups is 1. The third-order valence-electron chi connectivity index (χ3n) is 3.31. The molecule has 8 nitrogen and oxygen atoms in total. The summed E-state index contributed by atoms with van der Waals surface area (Å²) in [5, 5.41) is 12.2. The molecule has 3 heterocycles. The molecule has 2 aromatic heterocycles. The minimum atomic E-state index is -0.195. The monoisotopic (exact) mass is 264 g/mol. The molecule has 0 saturated carbocycles. The molecule has 0 spiro atoms. The molecule has 1 fully saturated rings. The van der Waals surface area contributed by atoms with Crippen molar-refractivity contribution in [2.24, 2.45) is 0 Å². The molecule has 1 aliphatic heterocycles. The summed E-state index contributed by atoms with van der Waals surface area (Å²) in [4.78, 5) is 12.6. The van der Waals surface area contributed by atoms with E-state index in [2.05, 4.69) is 20.3 Å². The highest BCUT2D eigenvalue weighted by Gasteiger charge is 2.29. The van der Waals surface area contributed by atoms with Crippen LogP contribution in [-0.2, 0) is 4.74 Å². The van der Waals surface area contributed by atoms with Crippen molar-refractivity contribution < 1.29 is 9.84 Å². The van der Waals surface area contributed by atoms with E-state index in [1.54, 1.807) is 7.05 Å². The first kappa shape index (κ1) is 12.1. The van der Waals surface area contributed by atoms with Gasteiger partial charge in [0, 0.05) is 7.05 Å². The van der Waals surface area contributed by atoms with Crippen LogP contribution in [0.3, 0.4) is 0 Å². The predicted molar refractivity (Wildman–Crippen MR) is 69.5 cm³/mol. The van der Waals surface area contributed by atoms with Crippen LogP contribution in [-0.4, -0.2) is 44.4 Å². The van der Waals surface area contributed by atoms with Gasteiger partial charge in [0.05, 0.1) is 12.7 Å². The van der Waals surface area contributed by atoms with E-state index in [0.717, 1.165) is 12.8 Å². The third-order valence-corrected chi connectivity index (χ3v) is 3.31. The second kappa shape index (κ2) is 4.63. The number of rotatable bonds is 3. The highest BCUT2D eigenvalue weighted by atomic mass is 16.5. The number of ether oxygens (including phenoxy) is 1. The molecule has 2 aromatic rings. The highest BCUT2D eigenvalue weighted by Crippen LogP contribution is 2.33. The van der Waals surface area contributed by atoms with Crippen LogP contribution in [0.2, 0.25) is 0 Å². The topological polar surface area (TPSA) is 111 Å². The van der Waals surface area contributed by atoms with Crippen molar-refractivity contribution >= 4 is 22.9 Å². The smallest absolute Gasteiger partial charge is 0.207 e. The van der Waals surface area contributed by atoms with Crippen LogP contribution in [0, 0.1) is 0 Å². The van der Waals surface area contributed by atoms with Crippen molar-refractivity contribution in [2.75, 3.05) is 24.7 Å². The van der Waals surface area contributed by atoms with Gasteiger partial charge in [0.15, 0.2) is 17.0 Å². The summed E-state index contributed by atoms with van der Waals surface area (Å²) in [6, 6.07) is 0. The van der Waals surface area contributed by atoms with Crippen LogP contribution < -0.4 is 11.1 Å². The summed E-state index contributed by atoms with van der Waals surface area (Å²) in [7, 11) is 1.78. The van der Waals surface area contributed by atoms with Gasteiger partial charge in [-0.3, -0.25) is 4.57 Å². The van der Waals surface area contributed by atoms with Crippen molar-refractivity contribution in [1.82, 2.24) is 19.5 Å². The van der Waals surface area contributed by atoms with Crippen LogP contribution in [0.15, 0.2) is 6.33 Å². The number of fused-ring (bicyclic) bond motifs is 1. The predicted octanol–water partition coefficient (Wildman–Crippen LogP) is 0.120. The number of nitrogens with two attached hydrogens (primary N) is 1. The maximum absolute atomic E-state index is 9.15. The average molecular weight is 264 g/mol. The van der Waals surface area contributed by atoms with Gasteiger partial charge in [-0.05, 0) is 12.8 Å². The number of nitrogen functional groups attached to an aromatic ring is 1. The largest absolute Gasteiger partial charge is 0.394 e. The fourth-order valence-electron chi connectivity index (χ4n) is 2.39. The van der Waals surface area contributed by atoms with Gasteiger partial charge in [0.25, 0.3) is 0 Å². The van der Waals surface area contributed by atoms with E-state index in [-0.39, 0.29) is 18.9 Å². The van der Waals surface area contributed by atoms with Gasteiger partial charge in [-0.1, -0.05) is 0 Å². The van der Waals surface area contributed by atoms with Gasteiger partial charge in [-0.25, -0.2) is 15.0 Å². The second-order valence-corrected chi connectivity index (χ2v) is 4.46. The molecule has 2 unspecified atom stereocenters. The fourth-order valence-corrected chi connectivity index (χ4v) is 2.39. The summed E-state index contributed by atoms with van der Waals surface area (Å²) in [5.41, 5.74) is 7.01. The van der Waals surface area contributed by atoms with Gasteiger partial charge in [-0.2, -0.15) is 0 Å². The first-order valence-corrected chi connectivity index (χ1v) is 6.17. The van der Waals surface area contributed by atoms with Crippen LogP contribution in [0.1, 0.15) is 19.1 Å². The molecule has 102 valence electrons. The molecule has 1 saturated heterocycles. The van der Waals surface area contributed by atoms with Gasteiger partial charge in [-0.15, -0.1) is 0 Å². The number of nitrogens with one attached hydrogen (secondary N) is 1. The van der Waals surface area contributed by atoms with Crippen molar-refractivity contribution in [2.45, 2.75) is 25.2 Å². The van der Waals surface area contributed by atoms with Crippen LogP contribution >= 0.6 is 0 Å². The Morgan fingerprint density at radius 1 is 1.53 bits per heavy atom. The molecule has 0 amide bonds. The van der Waals surface area contributed by atoms with Gasteiger partial charge >= 0.3 is 0 Å². The van der Waals surface area contributed by atoms with E-state index in [1.165, 1.54) is 6.33 Å². The zero-order valence-corrected chi connectivity index (χ0v) is 10.6. The van der Waals surface area contributed by atoms with E-state index < -0.39 is 0 Å². The summed E-state index contributed by atoms with van der Waals surface area (Å²) >= 11 is 0. The first-order chi connectivity index (χ1) is 9.24. The fraction of sp³-hybridized carbons (Fsp3) is 0.545. The number of anilines is 2. The number of hydrogen-bond acceptors (Lipinski definition) is 7. The Morgan fingerprint density at radius 3 is 3.05 bits per heavy atom. The SMILES string of the molecule is CNc1nc2c(N)ncnc2n1C1CCC(CO)O1. The van der Waals surface area contributed by atoms with Crippen molar-refractivity contribution in [3.05, 3.63) is 6.33 Å². The van der Waals surface area contributed by atoms with Gasteiger partial charge in [0.1, 0.15) is 12.6 Å². The molecule has 0 aromatic carbocycles. The van der Waals surface area contributed by atoms with E-state index in [4.69, 9.17) is 15.6 Å². The maximum Gasteiger partial charge on any atom is 0.207 e. The van der Waals surface area contributed by atoms with Crippen molar-refractivity contribution in [1.29, 1.82) is 0 Å². The second-order valence-electron chi connectivity index (χ2n) is 4.46. The molecule has 4 N–H and O–H groups in total. The Hall–Kier alpha value is -1.93. The minimum absolute atomic E-state index is 0.0230.